The Morgan fingerprint density at radius 1 is 1.21 bits per heavy atom. The van der Waals surface area contributed by atoms with Crippen molar-refractivity contribution in [3.05, 3.63) is 47.2 Å². The molecule has 4 heteroatoms. The second-order valence-electron chi connectivity index (χ2n) is 6.56. The lowest BCUT2D eigenvalue weighted by Gasteiger charge is -2.26. The third-order valence-electron chi connectivity index (χ3n) is 4.47. The van der Waals surface area contributed by atoms with Gasteiger partial charge in [0, 0.05) is 37.0 Å². The van der Waals surface area contributed by atoms with Crippen molar-refractivity contribution < 1.29 is 9.90 Å². The van der Waals surface area contributed by atoms with E-state index in [1.807, 2.05) is 31.2 Å². The van der Waals surface area contributed by atoms with Crippen LogP contribution in [0.25, 0.3) is 0 Å². The summed E-state index contributed by atoms with van der Waals surface area (Å²) in [4.78, 5) is 14.9. The lowest BCUT2D eigenvalue weighted by Crippen LogP contribution is -2.35. The number of hydrogen-bond acceptors (Lipinski definition) is 4. The van der Waals surface area contributed by atoms with E-state index >= 15 is 0 Å². The van der Waals surface area contributed by atoms with Crippen LogP contribution in [0.4, 0.5) is 0 Å². The topological polar surface area (TPSA) is 52.6 Å². The summed E-state index contributed by atoms with van der Waals surface area (Å²) in [6.45, 7) is 6.37. The van der Waals surface area contributed by atoms with E-state index in [0.29, 0.717) is 18.4 Å². The second-order valence-corrected chi connectivity index (χ2v) is 6.56. The summed E-state index contributed by atoms with van der Waals surface area (Å²) in [5.41, 5.74) is 2.78. The molecule has 24 heavy (non-hydrogen) atoms. The first-order chi connectivity index (χ1) is 11.7. The maximum absolute atomic E-state index is 12.4. The zero-order valence-electron chi connectivity index (χ0n) is 14.8. The fourth-order valence-electron chi connectivity index (χ4n) is 3.00. The van der Waals surface area contributed by atoms with Gasteiger partial charge in [-0.05, 0) is 45.7 Å². The summed E-state index contributed by atoms with van der Waals surface area (Å²) < 4.78 is 0. The van der Waals surface area contributed by atoms with E-state index in [-0.39, 0.29) is 12.4 Å². The largest absolute Gasteiger partial charge is 0.396 e. The van der Waals surface area contributed by atoms with Gasteiger partial charge in [-0.25, -0.2) is 0 Å². The Labute approximate surface area is 145 Å². The maximum atomic E-state index is 12.4. The number of aryl methyl sites for hydroxylation is 1. The van der Waals surface area contributed by atoms with Crippen LogP contribution in [0.15, 0.2) is 36.0 Å². The molecule has 0 bridgehead atoms. The molecule has 0 spiro atoms. The number of rotatable bonds is 9. The quantitative estimate of drug-likeness (QED) is 0.540. The normalized spacial score (nSPS) is 16.2. The molecule has 0 amide bonds. The van der Waals surface area contributed by atoms with E-state index in [0.717, 1.165) is 24.4 Å². The van der Waals surface area contributed by atoms with Gasteiger partial charge in [-0.1, -0.05) is 36.2 Å². The molecule has 1 aliphatic heterocycles. The Kier molecular flexibility index (Phi) is 7.99. The average Bonchev–Trinajstić information content (AvgIpc) is 2.61. The first kappa shape index (κ1) is 18.7. The molecule has 2 N–H and O–H groups in total. The van der Waals surface area contributed by atoms with Crippen molar-refractivity contribution in [3.8, 4) is 0 Å². The summed E-state index contributed by atoms with van der Waals surface area (Å²) in [5.74, 6) is 0.0217. The molecule has 1 saturated heterocycles. The van der Waals surface area contributed by atoms with Gasteiger partial charge in [-0.3, -0.25) is 4.79 Å². The van der Waals surface area contributed by atoms with Crippen molar-refractivity contribution in [2.45, 2.75) is 39.0 Å². The van der Waals surface area contributed by atoms with Crippen LogP contribution in [0.3, 0.4) is 0 Å². The van der Waals surface area contributed by atoms with Gasteiger partial charge in [-0.2, -0.15) is 0 Å². The Hall–Kier alpha value is -1.65. The minimum Gasteiger partial charge on any atom is -0.396 e. The number of likely N-dealkylation sites (tertiary alicyclic amines) is 1. The first-order valence-corrected chi connectivity index (χ1v) is 9.07. The van der Waals surface area contributed by atoms with Gasteiger partial charge < -0.3 is 15.3 Å². The van der Waals surface area contributed by atoms with E-state index in [1.165, 1.54) is 32.4 Å². The summed E-state index contributed by atoms with van der Waals surface area (Å²) in [6, 6.07) is 7.65. The van der Waals surface area contributed by atoms with Gasteiger partial charge in [0.2, 0.25) is 0 Å². The predicted molar refractivity (Wildman–Crippen MR) is 98.2 cm³/mol. The van der Waals surface area contributed by atoms with Crippen LogP contribution >= 0.6 is 0 Å². The van der Waals surface area contributed by atoms with Crippen LogP contribution in [0.2, 0.25) is 0 Å². The standard InChI is InChI=1S/C20H30N2O2/c1-17-7-9-18(10-8-17)20(24)16-19(6-5-15-23)21-11-14-22-12-3-2-4-13-22/h7-10,16,21,23H,2-6,11-15H2,1H3/b19-16+. The van der Waals surface area contributed by atoms with E-state index < -0.39 is 0 Å². The molecule has 0 unspecified atom stereocenters. The molecule has 1 heterocycles. The number of ketones is 1. The molecule has 0 aliphatic carbocycles. The molecule has 0 radical (unpaired) electrons. The van der Waals surface area contributed by atoms with E-state index in [4.69, 9.17) is 5.11 Å². The zero-order chi connectivity index (χ0) is 17.2. The fourth-order valence-corrected chi connectivity index (χ4v) is 3.00. The minimum atomic E-state index is 0.0217. The number of carbonyl (C=O) groups is 1. The Balaban J connectivity index is 1.90. The highest BCUT2D eigenvalue weighted by atomic mass is 16.2. The third kappa shape index (κ3) is 6.46. The van der Waals surface area contributed by atoms with Gasteiger partial charge in [0.15, 0.2) is 5.78 Å². The Bertz CT molecular complexity index is 531. The smallest absolute Gasteiger partial charge is 0.187 e. The van der Waals surface area contributed by atoms with Crippen LogP contribution in [-0.2, 0) is 0 Å². The van der Waals surface area contributed by atoms with Crippen molar-refractivity contribution in [2.24, 2.45) is 0 Å². The molecule has 1 aromatic rings. The monoisotopic (exact) mass is 330 g/mol. The molecular formula is C20H30N2O2. The first-order valence-electron chi connectivity index (χ1n) is 9.07. The Morgan fingerprint density at radius 3 is 2.58 bits per heavy atom. The molecule has 4 nitrogen and oxygen atoms in total. The molecular weight excluding hydrogens is 300 g/mol. The number of allylic oxidation sites excluding steroid dienone is 2. The van der Waals surface area contributed by atoms with Crippen LogP contribution in [0.5, 0.6) is 0 Å². The predicted octanol–water partition coefficient (Wildman–Crippen LogP) is 2.91. The summed E-state index contributed by atoms with van der Waals surface area (Å²) >= 11 is 0. The molecule has 132 valence electrons. The van der Waals surface area contributed by atoms with Crippen molar-refractivity contribution >= 4 is 5.78 Å². The zero-order valence-corrected chi connectivity index (χ0v) is 14.8. The maximum Gasteiger partial charge on any atom is 0.187 e. The number of benzene rings is 1. The number of nitrogens with one attached hydrogen (secondary N) is 1. The lowest BCUT2D eigenvalue weighted by atomic mass is 10.1. The Morgan fingerprint density at radius 2 is 1.92 bits per heavy atom. The highest BCUT2D eigenvalue weighted by molar-refractivity contribution is 6.04. The summed E-state index contributed by atoms with van der Waals surface area (Å²) in [5, 5.41) is 12.5. The number of aliphatic hydroxyl groups excluding tert-OH is 1. The van der Waals surface area contributed by atoms with Crippen molar-refractivity contribution in [1.29, 1.82) is 0 Å². The van der Waals surface area contributed by atoms with Gasteiger partial charge in [0.1, 0.15) is 0 Å². The molecule has 0 saturated carbocycles. The highest BCUT2D eigenvalue weighted by Crippen LogP contribution is 2.10. The molecule has 1 aromatic carbocycles. The van der Waals surface area contributed by atoms with Gasteiger partial charge in [0.05, 0.1) is 0 Å². The van der Waals surface area contributed by atoms with Crippen LogP contribution < -0.4 is 5.32 Å². The molecule has 0 aromatic heterocycles. The molecule has 0 atom stereocenters. The van der Waals surface area contributed by atoms with Crippen molar-refractivity contribution in [2.75, 3.05) is 32.8 Å². The lowest BCUT2D eigenvalue weighted by molar-refractivity contribution is 0.104. The van der Waals surface area contributed by atoms with E-state index in [1.54, 1.807) is 6.08 Å². The highest BCUT2D eigenvalue weighted by Gasteiger charge is 2.10. The fraction of sp³-hybridized carbons (Fsp3) is 0.550. The number of nitrogens with zero attached hydrogens (tertiary/aromatic N) is 1. The SMILES string of the molecule is Cc1ccc(C(=O)/C=C(\CCCO)NCCN2CCCCC2)cc1. The molecule has 2 rings (SSSR count). The molecule has 1 aliphatic rings. The van der Waals surface area contributed by atoms with E-state index in [2.05, 4.69) is 10.2 Å². The summed E-state index contributed by atoms with van der Waals surface area (Å²) in [7, 11) is 0. The number of carbonyl (C=O) groups excluding carboxylic acids is 1. The minimum absolute atomic E-state index is 0.0217. The van der Waals surface area contributed by atoms with Gasteiger partial charge in [-0.15, -0.1) is 0 Å². The second kappa shape index (κ2) is 10.3. The van der Waals surface area contributed by atoms with Gasteiger partial charge in [0.25, 0.3) is 0 Å². The molecule has 1 fully saturated rings. The number of hydrogen-bond donors (Lipinski definition) is 2. The number of aliphatic hydroxyl groups is 1. The van der Waals surface area contributed by atoms with Crippen LogP contribution in [0, 0.1) is 6.92 Å². The van der Waals surface area contributed by atoms with Crippen LogP contribution in [0.1, 0.15) is 48.0 Å². The van der Waals surface area contributed by atoms with Gasteiger partial charge >= 0.3 is 0 Å². The van der Waals surface area contributed by atoms with Crippen molar-refractivity contribution in [3.63, 3.8) is 0 Å². The van der Waals surface area contributed by atoms with Crippen LogP contribution in [-0.4, -0.2) is 48.6 Å². The average molecular weight is 330 g/mol. The number of piperidine rings is 1. The van der Waals surface area contributed by atoms with E-state index in [9.17, 15) is 4.79 Å². The summed E-state index contributed by atoms with van der Waals surface area (Å²) in [6.07, 6.45) is 6.99. The van der Waals surface area contributed by atoms with Crippen molar-refractivity contribution in [1.82, 2.24) is 10.2 Å². The third-order valence-corrected chi connectivity index (χ3v) is 4.47.